The molecule has 0 nitrogen and oxygen atoms in total. The van der Waals surface area contributed by atoms with Crippen LogP contribution in [0.1, 0.15) is 11.1 Å². The molecule has 0 aromatic heterocycles. The second kappa shape index (κ2) is 4.37. The summed E-state index contributed by atoms with van der Waals surface area (Å²) in [6.45, 7) is 4.46. The fourth-order valence-corrected chi connectivity index (χ4v) is 4.40. The Balaban J connectivity index is 2.08. The van der Waals surface area contributed by atoms with E-state index in [4.69, 9.17) is 11.6 Å². The van der Waals surface area contributed by atoms with E-state index in [1.807, 2.05) is 6.07 Å². The van der Waals surface area contributed by atoms with Crippen molar-refractivity contribution >= 4 is 33.1 Å². The first kappa shape index (κ1) is 13.2. The van der Waals surface area contributed by atoms with E-state index < -0.39 is 0 Å². The molecule has 0 spiro atoms. The number of benzene rings is 4. The summed E-state index contributed by atoms with van der Waals surface area (Å²) in [4.78, 5) is 0. The number of hydrogen-bond acceptors (Lipinski definition) is 0. The predicted octanol–water partition coefficient (Wildman–Crippen LogP) is 6.91. The highest BCUT2D eigenvalue weighted by molar-refractivity contribution is 6.31. The van der Waals surface area contributed by atoms with Gasteiger partial charge in [0.25, 0.3) is 0 Å². The third kappa shape index (κ3) is 1.57. The summed E-state index contributed by atoms with van der Waals surface area (Å²) in [5, 5.41) is 6.07. The van der Waals surface area contributed by atoms with Crippen LogP contribution in [0.15, 0.2) is 54.6 Å². The molecule has 0 fully saturated rings. The SMILES string of the molecule is Cc1c2c(c(C)c3cc(Cl)ccc13)-c1cccc3cccc-2c13. The summed E-state index contributed by atoms with van der Waals surface area (Å²) in [5.41, 5.74) is 8.17. The number of rotatable bonds is 0. The van der Waals surface area contributed by atoms with Crippen molar-refractivity contribution in [1.82, 2.24) is 0 Å². The number of halogens is 1. The molecule has 0 radical (unpaired) electrons. The average molecular weight is 315 g/mol. The van der Waals surface area contributed by atoms with Crippen LogP contribution in [0, 0.1) is 13.8 Å². The van der Waals surface area contributed by atoms with Crippen molar-refractivity contribution in [2.45, 2.75) is 13.8 Å². The summed E-state index contributed by atoms with van der Waals surface area (Å²) in [5.74, 6) is 0. The first-order valence-corrected chi connectivity index (χ1v) is 8.29. The lowest BCUT2D eigenvalue weighted by molar-refractivity contribution is 1.47. The van der Waals surface area contributed by atoms with E-state index >= 15 is 0 Å². The molecule has 0 aliphatic heterocycles. The predicted molar refractivity (Wildman–Crippen MR) is 100 cm³/mol. The molecule has 1 aliphatic carbocycles. The Labute approximate surface area is 140 Å². The molecule has 0 saturated carbocycles. The molecule has 4 aromatic rings. The maximum Gasteiger partial charge on any atom is 0.0412 e. The van der Waals surface area contributed by atoms with E-state index in [2.05, 4.69) is 62.4 Å². The zero-order valence-corrected chi connectivity index (χ0v) is 13.8. The molecule has 5 rings (SSSR count). The van der Waals surface area contributed by atoms with Gasteiger partial charge in [0.1, 0.15) is 0 Å². The van der Waals surface area contributed by atoms with Crippen LogP contribution in [0.3, 0.4) is 0 Å². The van der Waals surface area contributed by atoms with Crippen LogP contribution in [0.2, 0.25) is 5.02 Å². The van der Waals surface area contributed by atoms with Crippen molar-refractivity contribution in [3.63, 3.8) is 0 Å². The standard InChI is InChI=1S/C22H15Cl/c1-12-16-10-9-15(23)11-19(16)13(2)21-18-8-4-6-14-5-3-7-17(20(12)21)22(14)18/h3-11H,1-2H3. The highest BCUT2D eigenvalue weighted by Gasteiger charge is 2.26. The topological polar surface area (TPSA) is 0 Å². The van der Waals surface area contributed by atoms with Gasteiger partial charge in [-0.1, -0.05) is 54.1 Å². The summed E-state index contributed by atoms with van der Waals surface area (Å²) < 4.78 is 0. The molecular formula is C22H15Cl. The lowest BCUT2D eigenvalue weighted by Gasteiger charge is -2.15. The van der Waals surface area contributed by atoms with Crippen LogP contribution in [0.5, 0.6) is 0 Å². The van der Waals surface area contributed by atoms with Crippen molar-refractivity contribution in [3.8, 4) is 22.3 Å². The lowest BCUT2D eigenvalue weighted by Crippen LogP contribution is -1.91. The molecule has 0 amide bonds. The van der Waals surface area contributed by atoms with Gasteiger partial charge >= 0.3 is 0 Å². The molecule has 4 aromatic carbocycles. The Kier molecular flexibility index (Phi) is 2.50. The molecule has 23 heavy (non-hydrogen) atoms. The third-order valence-corrected chi connectivity index (χ3v) is 5.47. The molecule has 0 saturated heterocycles. The Morgan fingerprint density at radius 1 is 0.696 bits per heavy atom. The molecule has 0 atom stereocenters. The smallest absolute Gasteiger partial charge is 0.0412 e. The average Bonchev–Trinajstić information content (AvgIpc) is 2.90. The van der Waals surface area contributed by atoms with Crippen LogP contribution >= 0.6 is 11.6 Å². The van der Waals surface area contributed by atoms with Crippen molar-refractivity contribution in [2.24, 2.45) is 0 Å². The molecule has 0 bridgehead atoms. The zero-order valence-electron chi connectivity index (χ0n) is 13.1. The van der Waals surface area contributed by atoms with E-state index in [0.717, 1.165) is 5.02 Å². The minimum Gasteiger partial charge on any atom is -0.0843 e. The highest BCUT2D eigenvalue weighted by atomic mass is 35.5. The fourth-order valence-electron chi connectivity index (χ4n) is 4.23. The van der Waals surface area contributed by atoms with Crippen LogP contribution in [0.25, 0.3) is 43.8 Å². The van der Waals surface area contributed by atoms with Crippen molar-refractivity contribution in [2.75, 3.05) is 0 Å². The van der Waals surface area contributed by atoms with E-state index in [9.17, 15) is 0 Å². The summed E-state index contributed by atoms with van der Waals surface area (Å²) >= 11 is 6.26. The minimum absolute atomic E-state index is 0.800. The maximum absolute atomic E-state index is 6.26. The molecule has 0 N–H and O–H groups in total. The van der Waals surface area contributed by atoms with Crippen LogP contribution in [0.4, 0.5) is 0 Å². The van der Waals surface area contributed by atoms with Crippen LogP contribution in [-0.2, 0) is 0 Å². The van der Waals surface area contributed by atoms with E-state index in [0.29, 0.717) is 0 Å². The van der Waals surface area contributed by atoms with Gasteiger partial charge in [-0.3, -0.25) is 0 Å². The largest absolute Gasteiger partial charge is 0.0843 e. The van der Waals surface area contributed by atoms with Gasteiger partial charge < -0.3 is 0 Å². The van der Waals surface area contributed by atoms with Gasteiger partial charge in [0.05, 0.1) is 0 Å². The molecule has 1 aliphatic rings. The molecule has 1 heteroatoms. The number of aryl methyl sites for hydroxylation is 2. The van der Waals surface area contributed by atoms with Gasteiger partial charge in [0.2, 0.25) is 0 Å². The zero-order chi connectivity index (χ0) is 15.7. The second-order valence-electron chi connectivity index (χ2n) is 6.40. The maximum atomic E-state index is 6.26. The van der Waals surface area contributed by atoms with Crippen molar-refractivity contribution in [3.05, 3.63) is 70.7 Å². The first-order valence-electron chi connectivity index (χ1n) is 7.92. The summed E-state index contributed by atoms with van der Waals surface area (Å²) in [6.07, 6.45) is 0. The van der Waals surface area contributed by atoms with E-state index in [1.165, 1.54) is 54.9 Å². The third-order valence-electron chi connectivity index (χ3n) is 5.23. The number of fused-ring (bicyclic) bond motifs is 4. The Morgan fingerprint density at radius 3 is 1.96 bits per heavy atom. The van der Waals surface area contributed by atoms with Crippen LogP contribution < -0.4 is 0 Å². The molecule has 110 valence electrons. The van der Waals surface area contributed by atoms with Crippen LogP contribution in [-0.4, -0.2) is 0 Å². The van der Waals surface area contributed by atoms with E-state index in [-0.39, 0.29) is 0 Å². The molecular weight excluding hydrogens is 300 g/mol. The molecule has 0 heterocycles. The van der Waals surface area contributed by atoms with Gasteiger partial charge in [0, 0.05) is 5.02 Å². The van der Waals surface area contributed by atoms with E-state index in [1.54, 1.807) is 0 Å². The van der Waals surface area contributed by atoms with Crippen molar-refractivity contribution < 1.29 is 0 Å². The Hall–Kier alpha value is -2.31. The Bertz CT molecular complexity index is 1130. The monoisotopic (exact) mass is 314 g/mol. The molecule has 0 unspecified atom stereocenters. The summed E-state index contributed by atoms with van der Waals surface area (Å²) in [7, 11) is 0. The summed E-state index contributed by atoms with van der Waals surface area (Å²) in [6, 6.07) is 19.5. The van der Waals surface area contributed by atoms with Gasteiger partial charge in [-0.25, -0.2) is 0 Å². The minimum atomic E-state index is 0.800. The second-order valence-corrected chi connectivity index (χ2v) is 6.84. The quantitative estimate of drug-likeness (QED) is 0.291. The first-order chi connectivity index (χ1) is 11.2. The van der Waals surface area contributed by atoms with Gasteiger partial charge in [-0.15, -0.1) is 0 Å². The fraction of sp³-hybridized carbons (Fsp3) is 0.0909. The van der Waals surface area contributed by atoms with Gasteiger partial charge in [0.15, 0.2) is 0 Å². The Morgan fingerprint density at radius 2 is 1.30 bits per heavy atom. The normalized spacial score (nSPS) is 12.1. The van der Waals surface area contributed by atoms with Crippen molar-refractivity contribution in [1.29, 1.82) is 0 Å². The lowest BCUT2D eigenvalue weighted by atomic mass is 9.89. The van der Waals surface area contributed by atoms with Gasteiger partial charge in [-0.05, 0) is 80.9 Å². The highest BCUT2D eigenvalue weighted by Crippen LogP contribution is 2.52. The number of hydrogen-bond donors (Lipinski definition) is 0. The van der Waals surface area contributed by atoms with Gasteiger partial charge in [-0.2, -0.15) is 0 Å².